The monoisotopic (exact) mass is 326 g/mol. The van der Waals surface area contributed by atoms with Gasteiger partial charge in [0.25, 0.3) is 0 Å². The molecule has 2 aromatic rings. The zero-order valence-corrected chi connectivity index (χ0v) is 16.1. The second kappa shape index (κ2) is 6.71. The van der Waals surface area contributed by atoms with Gasteiger partial charge < -0.3 is 0 Å². The molecule has 0 saturated carbocycles. The normalized spacial score (nSPS) is 12.4. The van der Waals surface area contributed by atoms with E-state index in [2.05, 4.69) is 73.1 Å². The van der Waals surface area contributed by atoms with E-state index in [0.717, 1.165) is 6.42 Å². The molecule has 0 aliphatic heterocycles. The third kappa shape index (κ3) is 3.28. The Morgan fingerprint density at radius 2 is 1.36 bits per heavy atom. The molecule has 0 fully saturated rings. The Bertz CT molecular complexity index is 558. The molecule has 0 atom stereocenters. The smallest absolute Gasteiger partial charge is 0.105 e. The molecule has 2 nitrogen and oxygen atoms in total. The highest BCUT2D eigenvalue weighted by molar-refractivity contribution is 7.07. The van der Waals surface area contributed by atoms with E-state index in [1.165, 1.54) is 10.6 Å². The summed E-state index contributed by atoms with van der Waals surface area (Å²) in [6.07, 6.45) is 6.97. The first-order valence-electron chi connectivity index (χ1n) is 7.84. The van der Waals surface area contributed by atoms with E-state index >= 15 is 0 Å². The number of pyridine rings is 2. The van der Waals surface area contributed by atoms with Crippen LogP contribution in [0.2, 0.25) is 31.4 Å². The van der Waals surface area contributed by atoms with Gasteiger partial charge in [-0.2, -0.15) is 0 Å². The lowest BCUT2D eigenvalue weighted by molar-refractivity contribution is 1.04. The van der Waals surface area contributed by atoms with Crippen LogP contribution in [0.4, 0.5) is 0 Å². The number of aromatic nitrogens is 2. The van der Waals surface area contributed by atoms with Gasteiger partial charge in [0.05, 0.1) is 0 Å². The van der Waals surface area contributed by atoms with Crippen molar-refractivity contribution in [1.82, 2.24) is 9.97 Å². The Kier molecular flexibility index (Phi) is 5.13. The number of rotatable bonds is 6. The highest BCUT2D eigenvalue weighted by Gasteiger charge is 2.46. The molecule has 116 valence electrons. The van der Waals surface area contributed by atoms with Gasteiger partial charge in [-0.15, -0.1) is 6.58 Å². The van der Waals surface area contributed by atoms with Crippen molar-refractivity contribution in [1.29, 1.82) is 0 Å². The predicted octanol–water partition coefficient (Wildman–Crippen LogP) is 3.49. The van der Waals surface area contributed by atoms with Crippen LogP contribution in [0.25, 0.3) is 0 Å². The Morgan fingerprint density at radius 3 is 1.68 bits per heavy atom. The van der Waals surface area contributed by atoms with E-state index in [9.17, 15) is 0 Å². The fraction of sp³-hybridized carbons (Fsp3) is 0.333. The molecule has 22 heavy (non-hydrogen) atoms. The highest BCUT2D eigenvalue weighted by atomic mass is 28.4. The minimum Gasteiger partial charge on any atom is -0.266 e. The molecule has 2 heterocycles. The highest BCUT2D eigenvalue weighted by Crippen LogP contribution is 2.34. The average Bonchev–Trinajstić information content (AvgIpc) is 2.54. The molecule has 0 amide bonds. The Morgan fingerprint density at radius 1 is 0.909 bits per heavy atom. The molecular formula is C18H26N2Si2. The Hall–Kier alpha value is -1.53. The summed E-state index contributed by atoms with van der Waals surface area (Å²) in [5.41, 5.74) is 0. The Balaban J connectivity index is 2.48. The van der Waals surface area contributed by atoms with Crippen LogP contribution in [0.3, 0.4) is 0 Å². The maximum atomic E-state index is 4.69. The zero-order valence-electron chi connectivity index (χ0n) is 14.1. The molecule has 0 bridgehead atoms. The third-order valence-electron chi connectivity index (χ3n) is 4.79. The van der Waals surface area contributed by atoms with Crippen molar-refractivity contribution in [2.75, 3.05) is 0 Å². The lowest BCUT2D eigenvalue weighted by Crippen LogP contribution is -2.61. The van der Waals surface area contributed by atoms with E-state index in [-0.39, 0.29) is 0 Å². The summed E-state index contributed by atoms with van der Waals surface area (Å²) in [5, 5.41) is 3.21. The summed E-state index contributed by atoms with van der Waals surface area (Å²) >= 11 is 0. The minimum atomic E-state index is -1.71. The summed E-state index contributed by atoms with van der Waals surface area (Å²) < 4.78 is 0. The van der Waals surface area contributed by atoms with Gasteiger partial charge in [-0.05, 0) is 35.9 Å². The first-order valence-corrected chi connectivity index (χ1v) is 14.0. The van der Waals surface area contributed by atoms with Crippen molar-refractivity contribution in [2.24, 2.45) is 0 Å². The fourth-order valence-electron chi connectivity index (χ4n) is 3.50. The maximum Gasteiger partial charge on any atom is 0.105 e. The van der Waals surface area contributed by atoms with Crippen molar-refractivity contribution in [3.05, 3.63) is 61.4 Å². The van der Waals surface area contributed by atoms with Gasteiger partial charge in [-0.3, -0.25) is 9.97 Å². The quantitative estimate of drug-likeness (QED) is 0.600. The van der Waals surface area contributed by atoms with E-state index in [1.54, 1.807) is 0 Å². The zero-order chi connectivity index (χ0) is 16.2. The average molecular weight is 327 g/mol. The van der Waals surface area contributed by atoms with Gasteiger partial charge in [0.2, 0.25) is 0 Å². The predicted molar refractivity (Wildman–Crippen MR) is 101 cm³/mol. The van der Waals surface area contributed by atoms with Gasteiger partial charge in [0, 0.05) is 23.0 Å². The van der Waals surface area contributed by atoms with Crippen molar-refractivity contribution in [2.45, 2.75) is 37.8 Å². The molecule has 0 aliphatic carbocycles. The summed E-state index contributed by atoms with van der Waals surface area (Å²) in [6, 6.07) is 12.6. The van der Waals surface area contributed by atoms with Crippen molar-refractivity contribution < 1.29 is 0 Å². The largest absolute Gasteiger partial charge is 0.266 e. The lowest BCUT2D eigenvalue weighted by Gasteiger charge is -2.41. The molecule has 0 unspecified atom stereocenters. The van der Waals surface area contributed by atoms with Crippen LogP contribution in [0.15, 0.2) is 61.4 Å². The second-order valence-electron chi connectivity index (χ2n) is 6.95. The topological polar surface area (TPSA) is 25.8 Å². The standard InChI is InChI=1S/C18H26N2Si2/c1-6-11-18(21(2,3)16-12-7-9-14-19-16)22(4,5)17-13-8-10-15-20-17/h6-10,12-15,18H,1,11H2,2-5H3. The molecule has 2 aromatic heterocycles. The minimum absolute atomic E-state index is 0.627. The van der Waals surface area contributed by atoms with Gasteiger partial charge >= 0.3 is 0 Å². The van der Waals surface area contributed by atoms with Crippen LogP contribution in [0.5, 0.6) is 0 Å². The first kappa shape index (κ1) is 16.8. The van der Waals surface area contributed by atoms with Crippen LogP contribution >= 0.6 is 0 Å². The lowest BCUT2D eigenvalue weighted by atomic mass is 10.5. The van der Waals surface area contributed by atoms with Gasteiger partial charge in [0.15, 0.2) is 0 Å². The number of allylic oxidation sites excluding steroid dienone is 1. The van der Waals surface area contributed by atoms with Crippen LogP contribution in [0.1, 0.15) is 6.42 Å². The molecule has 0 aromatic carbocycles. The third-order valence-corrected chi connectivity index (χ3v) is 16.3. The number of hydrogen-bond donors (Lipinski definition) is 0. The molecule has 0 N–H and O–H groups in total. The van der Waals surface area contributed by atoms with Crippen molar-refractivity contribution in [3.63, 3.8) is 0 Å². The molecule has 0 radical (unpaired) electrons. The maximum absolute atomic E-state index is 4.69. The van der Waals surface area contributed by atoms with Crippen LogP contribution < -0.4 is 10.6 Å². The number of nitrogens with zero attached hydrogens (tertiary/aromatic N) is 2. The Labute approximate surface area is 136 Å². The van der Waals surface area contributed by atoms with Crippen LogP contribution in [-0.2, 0) is 0 Å². The SMILES string of the molecule is C=CCC([Si](C)(C)c1ccccn1)[Si](C)(C)c1ccccn1. The summed E-state index contributed by atoms with van der Waals surface area (Å²) in [6.45, 7) is 13.8. The van der Waals surface area contributed by atoms with Gasteiger partial charge in [-0.1, -0.05) is 44.4 Å². The second-order valence-corrected chi connectivity index (χ2v) is 16.8. The molecule has 0 spiro atoms. The summed E-state index contributed by atoms with van der Waals surface area (Å²) in [5.74, 6) is 0. The van der Waals surface area contributed by atoms with Crippen molar-refractivity contribution >= 4 is 26.8 Å². The molecular weight excluding hydrogens is 300 g/mol. The number of hydrogen-bond acceptors (Lipinski definition) is 2. The van der Waals surface area contributed by atoms with Gasteiger partial charge in [0.1, 0.15) is 16.1 Å². The summed E-state index contributed by atoms with van der Waals surface area (Å²) in [7, 11) is -3.42. The van der Waals surface area contributed by atoms with Crippen LogP contribution in [0, 0.1) is 0 Å². The molecule has 2 rings (SSSR count). The first-order chi connectivity index (χ1) is 10.4. The summed E-state index contributed by atoms with van der Waals surface area (Å²) in [4.78, 5) is 9.38. The van der Waals surface area contributed by atoms with E-state index in [4.69, 9.17) is 0 Å². The fourth-order valence-corrected chi connectivity index (χ4v) is 15.7. The molecule has 0 aliphatic rings. The van der Waals surface area contributed by atoms with Crippen molar-refractivity contribution in [3.8, 4) is 0 Å². The molecule has 0 saturated heterocycles. The van der Waals surface area contributed by atoms with E-state index in [1.807, 2.05) is 24.5 Å². The van der Waals surface area contributed by atoms with Gasteiger partial charge in [-0.25, -0.2) is 0 Å². The van der Waals surface area contributed by atoms with Crippen LogP contribution in [-0.4, -0.2) is 26.1 Å². The van der Waals surface area contributed by atoms with E-state index in [0.29, 0.717) is 5.16 Å². The van der Waals surface area contributed by atoms with E-state index < -0.39 is 16.1 Å². The molecule has 4 heteroatoms.